The third-order valence-electron chi connectivity index (χ3n) is 3.03. The van der Waals surface area contributed by atoms with Gasteiger partial charge in [-0.1, -0.05) is 32.4 Å². The van der Waals surface area contributed by atoms with Gasteiger partial charge in [-0.25, -0.2) is 4.98 Å². The summed E-state index contributed by atoms with van der Waals surface area (Å²) >= 11 is 0. The molecule has 2 aromatic rings. The van der Waals surface area contributed by atoms with E-state index in [4.69, 9.17) is 0 Å². The predicted octanol–water partition coefficient (Wildman–Crippen LogP) is 4.32. The number of alkyl halides is 3. The zero-order chi connectivity index (χ0) is 16.9. The first-order valence-electron chi connectivity index (χ1n) is 7.06. The number of aliphatic hydroxyl groups excluding tert-OH is 1. The number of aryl methyl sites for hydroxylation is 1. The van der Waals surface area contributed by atoms with Crippen molar-refractivity contribution in [2.24, 2.45) is 7.05 Å². The molecule has 6 heteroatoms. The fourth-order valence-corrected chi connectivity index (χ4v) is 1.96. The van der Waals surface area contributed by atoms with Crippen LogP contribution in [0.25, 0.3) is 11.4 Å². The molecule has 1 aromatic carbocycles. The number of halogens is 3. The minimum absolute atomic E-state index is 0.157. The molecule has 0 fully saturated rings. The van der Waals surface area contributed by atoms with Crippen LogP contribution < -0.4 is 0 Å². The van der Waals surface area contributed by atoms with Gasteiger partial charge in [0.15, 0.2) is 0 Å². The molecule has 0 amide bonds. The summed E-state index contributed by atoms with van der Waals surface area (Å²) in [6.07, 6.45) is -3.09. The van der Waals surface area contributed by atoms with Gasteiger partial charge in [0.05, 0.1) is 23.6 Å². The second kappa shape index (κ2) is 7.45. The van der Waals surface area contributed by atoms with Crippen molar-refractivity contribution in [2.75, 3.05) is 0 Å². The average molecular weight is 314 g/mol. The predicted molar refractivity (Wildman–Crippen MR) is 80.3 cm³/mol. The van der Waals surface area contributed by atoms with E-state index in [0.717, 1.165) is 12.1 Å². The second-order valence-electron chi connectivity index (χ2n) is 4.97. The maximum Gasteiger partial charge on any atom is 0.416 e. The number of nitrogens with zero attached hydrogens (tertiary/aromatic N) is 2. The van der Waals surface area contributed by atoms with Gasteiger partial charge in [-0.05, 0) is 19.1 Å². The van der Waals surface area contributed by atoms with Gasteiger partial charge in [-0.15, -0.1) is 0 Å². The highest BCUT2D eigenvalue weighted by Gasteiger charge is 2.30. The van der Waals surface area contributed by atoms with Crippen LogP contribution in [0.4, 0.5) is 13.2 Å². The monoisotopic (exact) mass is 314 g/mol. The van der Waals surface area contributed by atoms with Gasteiger partial charge in [-0.3, -0.25) is 0 Å². The molecule has 0 unspecified atom stereocenters. The van der Waals surface area contributed by atoms with Crippen molar-refractivity contribution in [3.8, 4) is 11.4 Å². The molecule has 0 aliphatic carbocycles. The van der Waals surface area contributed by atoms with E-state index in [1.165, 1.54) is 18.6 Å². The van der Waals surface area contributed by atoms with E-state index in [-0.39, 0.29) is 6.61 Å². The summed E-state index contributed by atoms with van der Waals surface area (Å²) in [5.74, 6) is 0.537. The van der Waals surface area contributed by atoms with Crippen LogP contribution in [-0.2, 0) is 19.8 Å². The Labute approximate surface area is 128 Å². The maximum atomic E-state index is 12.5. The van der Waals surface area contributed by atoms with Crippen LogP contribution in [0.3, 0.4) is 0 Å². The Bertz CT molecular complexity index is 601. The lowest BCUT2D eigenvalue weighted by Crippen LogP contribution is -2.04. The third kappa shape index (κ3) is 4.10. The Morgan fingerprint density at radius 1 is 1.14 bits per heavy atom. The Balaban J connectivity index is 0.000000745. The zero-order valence-electron chi connectivity index (χ0n) is 13.2. The lowest BCUT2D eigenvalue weighted by molar-refractivity contribution is -0.137. The smallest absolute Gasteiger partial charge is 0.390 e. The molecule has 0 atom stereocenters. The Morgan fingerprint density at radius 2 is 1.64 bits per heavy atom. The lowest BCUT2D eigenvalue weighted by atomic mass is 10.1. The summed E-state index contributed by atoms with van der Waals surface area (Å²) in [5, 5.41) is 9.20. The average Bonchev–Trinajstić information content (AvgIpc) is 2.73. The van der Waals surface area contributed by atoms with E-state index in [2.05, 4.69) is 18.8 Å². The lowest BCUT2D eigenvalue weighted by Gasteiger charge is -2.08. The highest BCUT2D eigenvalue weighted by Crippen LogP contribution is 2.31. The van der Waals surface area contributed by atoms with Crippen molar-refractivity contribution < 1.29 is 18.3 Å². The Morgan fingerprint density at radius 3 is 2.00 bits per heavy atom. The third-order valence-corrected chi connectivity index (χ3v) is 3.03. The fraction of sp³-hybridized carbons (Fsp3) is 0.438. The molecule has 0 radical (unpaired) electrons. The minimum Gasteiger partial charge on any atom is -0.390 e. The van der Waals surface area contributed by atoms with Crippen LogP contribution in [0.5, 0.6) is 0 Å². The molecule has 0 saturated carbocycles. The van der Waals surface area contributed by atoms with E-state index < -0.39 is 11.7 Å². The molecule has 0 saturated heterocycles. The van der Waals surface area contributed by atoms with Crippen LogP contribution in [0, 0.1) is 6.92 Å². The first kappa shape index (κ1) is 18.2. The summed E-state index contributed by atoms with van der Waals surface area (Å²) < 4.78 is 39.1. The van der Waals surface area contributed by atoms with E-state index >= 15 is 0 Å². The topological polar surface area (TPSA) is 38.0 Å². The van der Waals surface area contributed by atoms with E-state index in [9.17, 15) is 18.3 Å². The van der Waals surface area contributed by atoms with Crippen LogP contribution in [0.2, 0.25) is 0 Å². The fourth-order valence-electron chi connectivity index (χ4n) is 1.96. The van der Waals surface area contributed by atoms with Crippen molar-refractivity contribution >= 4 is 0 Å². The van der Waals surface area contributed by atoms with Crippen LogP contribution in [-0.4, -0.2) is 14.7 Å². The molecule has 1 heterocycles. The summed E-state index contributed by atoms with van der Waals surface area (Å²) in [6.45, 7) is 5.84. The molecular weight excluding hydrogens is 293 g/mol. The summed E-state index contributed by atoms with van der Waals surface area (Å²) in [4.78, 5) is 4.26. The van der Waals surface area contributed by atoms with E-state index in [1.54, 1.807) is 18.5 Å². The zero-order valence-corrected chi connectivity index (χ0v) is 13.2. The van der Waals surface area contributed by atoms with Crippen LogP contribution in [0.15, 0.2) is 24.3 Å². The number of rotatable bonds is 2. The van der Waals surface area contributed by atoms with Crippen LogP contribution >= 0.6 is 0 Å². The molecular formula is C16H21F3N2O. The van der Waals surface area contributed by atoms with Gasteiger partial charge in [0.2, 0.25) is 0 Å². The molecule has 3 nitrogen and oxygen atoms in total. The number of hydrogen-bond acceptors (Lipinski definition) is 2. The Hall–Kier alpha value is -1.82. The molecule has 1 N–H and O–H groups in total. The molecule has 122 valence electrons. The number of hydrogen-bond donors (Lipinski definition) is 1. The van der Waals surface area contributed by atoms with E-state index in [0.29, 0.717) is 22.8 Å². The first-order valence-corrected chi connectivity index (χ1v) is 7.06. The molecule has 22 heavy (non-hydrogen) atoms. The highest BCUT2D eigenvalue weighted by molar-refractivity contribution is 5.57. The summed E-state index contributed by atoms with van der Waals surface area (Å²) in [5.41, 5.74) is 1.21. The first-order chi connectivity index (χ1) is 10.3. The number of aromatic nitrogens is 2. The standard InChI is InChI=1S/C13H13F3N2O.C3H8/c1-8-11(7-19)18(2)12(17-8)9-3-5-10(6-4-9)13(14,15)16;1-3-2/h3-6,19H,7H2,1-2H3;3H2,1-2H3. The summed E-state index contributed by atoms with van der Waals surface area (Å²) in [6, 6.07) is 4.81. The minimum atomic E-state index is -4.34. The van der Waals surface area contributed by atoms with Gasteiger partial charge in [0.1, 0.15) is 5.82 Å². The number of imidazole rings is 1. The van der Waals surface area contributed by atoms with Crippen molar-refractivity contribution in [1.29, 1.82) is 0 Å². The van der Waals surface area contributed by atoms with Crippen molar-refractivity contribution in [3.05, 3.63) is 41.2 Å². The van der Waals surface area contributed by atoms with Crippen molar-refractivity contribution in [2.45, 2.75) is 40.0 Å². The summed E-state index contributed by atoms with van der Waals surface area (Å²) in [7, 11) is 1.72. The largest absolute Gasteiger partial charge is 0.416 e. The van der Waals surface area contributed by atoms with Crippen molar-refractivity contribution in [1.82, 2.24) is 9.55 Å². The molecule has 0 aliphatic heterocycles. The van der Waals surface area contributed by atoms with Gasteiger partial charge in [-0.2, -0.15) is 13.2 Å². The van der Waals surface area contributed by atoms with Crippen molar-refractivity contribution in [3.63, 3.8) is 0 Å². The quantitative estimate of drug-likeness (QED) is 0.896. The number of benzene rings is 1. The number of aliphatic hydroxyl groups is 1. The maximum absolute atomic E-state index is 12.5. The van der Waals surface area contributed by atoms with Gasteiger partial charge >= 0.3 is 6.18 Å². The van der Waals surface area contributed by atoms with E-state index in [1.807, 2.05) is 0 Å². The Kier molecular flexibility index (Phi) is 6.17. The normalized spacial score (nSPS) is 11.1. The molecule has 1 aromatic heterocycles. The highest BCUT2D eigenvalue weighted by atomic mass is 19.4. The van der Waals surface area contributed by atoms with Gasteiger partial charge in [0.25, 0.3) is 0 Å². The second-order valence-corrected chi connectivity index (χ2v) is 4.97. The van der Waals surface area contributed by atoms with Gasteiger partial charge < -0.3 is 9.67 Å². The molecule has 0 spiro atoms. The van der Waals surface area contributed by atoms with Crippen LogP contribution in [0.1, 0.15) is 37.2 Å². The van der Waals surface area contributed by atoms with Gasteiger partial charge in [0, 0.05) is 12.6 Å². The molecule has 0 aliphatic rings. The molecule has 0 bridgehead atoms. The molecule has 2 rings (SSSR count). The SMILES string of the molecule is CCC.Cc1nc(-c2ccc(C(F)(F)F)cc2)n(C)c1CO.